The number of carbonyl (C=O) groups is 1. The van der Waals surface area contributed by atoms with Gasteiger partial charge in [0.05, 0.1) is 10.5 Å². The number of ether oxygens (including phenoxy) is 1. The highest BCUT2D eigenvalue weighted by Crippen LogP contribution is 2.33. The third-order valence-electron chi connectivity index (χ3n) is 3.84. The number of rotatable bonds is 3. The van der Waals surface area contributed by atoms with Gasteiger partial charge in [-0.2, -0.15) is 0 Å². The van der Waals surface area contributed by atoms with Crippen molar-refractivity contribution in [2.45, 2.75) is 19.4 Å². The monoisotopic (exact) mass is 383 g/mol. The van der Waals surface area contributed by atoms with Gasteiger partial charge in [-0.1, -0.05) is 0 Å². The fourth-order valence-electron chi connectivity index (χ4n) is 2.66. The summed E-state index contributed by atoms with van der Waals surface area (Å²) in [5.74, 6) is 0.0661. The van der Waals surface area contributed by atoms with Crippen molar-refractivity contribution in [2.24, 2.45) is 0 Å². The van der Waals surface area contributed by atoms with E-state index in [9.17, 15) is 9.18 Å². The highest BCUT2D eigenvalue weighted by atomic mass is 79.9. The lowest BCUT2D eigenvalue weighted by molar-refractivity contribution is -0.135. The molecular weight excluding hydrogens is 369 g/mol. The van der Waals surface area contributed by atoms with Gasteiger partial charge >= 0.3 is 0 Å². The van der Waals surface area contributed by atoms with Gasteiger partial charge < -0.3 is 9.64 Å². The van der Waals surface area contributed by atoms with Crippen molar-refractivity contribution in [2.75, 3.05) is 13.2 Å². The van der Waals surface area contributed by atoms with Crippen LogP contribution in [0.3, 0.4) is 0 Å². The van der Waals surface area contributed by atoms with Gasteiger partial charge in [-0.05, 0) is 64.5 Å². The summed E-state index contributed by atoms with van der Waals surface area (Å²) < 4.78 is 19.1. The molecule has 0 bridgehead atoms. The molecule has 1 aliphatic rings. The summed E-state index contributed by atoms with van der Waals surface area (Å²) in [4.78, 5) is 15.6. The topological polar surface area (TPSA) is 29.5 Å². The van der Waals surface area contributed by atoms with Gasteiger partial charge in [0.15, 0.2) is 6.61 Å². The molecule has 3 rings (SSSR count). The fraction of sp³-hybridized carbons (Fsp3) is 0.312. The Hall–Kier alpha value is -1.40. The number of hydrogen-bond donors (Lipinski definition) is 0. The van der Waals surface area contributed by atoms with Crippen molar-refractivity contribution < 1.29 is 13.9 Å². The summed E-state index contributed by atoms with van der Waals surface area (Å²) in [5.41, 5.74) is 1.23. The maximum absolute atomic E-state index is 13.0. The number of benzene rings is 1. The molecule has 6 heteroatoms. The van der Waals surface area contributed by atoms with E-state index in [1.807, 2.05) is 11.8 Å². The van der Waals surface area contributed by atoms with Crippen LogP contribution < -0.4 is 4.74 Å². The van der Waals surface area contributed by atoms with Gasteiger partial charge in [-0.15, -0.1) is 11.3 Å². The summed E-state index contributed by atoms with van der Waals surface area (Å²) in [5, 5.41) is 2.07. The van der Waals surface area contributed by atoms with E-state index in [-0.39, 0.29) is 24.4 Å². The lowest BCUT2D eigenvalue weighted by Crippen LogP contribution is -2.40. The molecule has 2 aromatic rings. The first kappa shape index (κ1) is 15.5. The number of carbonyl (C=O) groups excluding carboxylic acids is 1. The molecule has 0 saturated carbocycles. The average molecular weight is 384 g/mol. The Morgan fingerprint density at radius 2 is 2.32 bits per heavy atom. The molecule has 1 aromatic heterocycles. The molecule has 0 radical (unpaired) electrons. The minimum Gasteiger partial charge on any atom is -0.483 e. The van der Waals surface area contributed by atoms with Gasteiger partial charge in [-0.25, -0.2) is 4.39 Å². The molecule has 2 heterocycles. The summed E-state index contributed by atoms with van der Waals surface area (Å²) in [6.45, 7) is 2.70. The Morgan fingerprint density at radius 3 is 3.09 bits per heavy atom. The van der Waals surface area contributed by atoms with Crippen molar-refractivity contribution >= 4 is 33.2 Å². The molecule has 0 spiro atoms. The number of nitrogens with zero attached hydrogens (tertiary/aromatic N) is 1. The minimum absolute atomic E-state index is 0.0476. The summed E-state index contributed by atoms with van der Waals surface area (Å²) in [7, 11) is 0. The summed E-state index contributed by atoms with van der Waals surface area (Å²) >= 11 is 4.98. The Kier molecular flexibility index (Phi) is 4.49. The van der Waals surface area contributed by atoms with Crippen LogP contribution in [0.1, 0.15) is 23.4 Å². The van der Waals surface area contributed by atoms with E-state index in [0.717, 1.165) is 6.42 Å². The van der Waals surface area contributed by atoms with E-state index in [1.165, 1.54) is 28.6 Å². The molecule has 1 atom stereocenters. The van der Waals surface area contributed by atoms with Crippen LogP contribution in [-0.4, -0.2) is 24.0 Å². The third-order valence-corrected chi connectivity index (χ3v) is 5.46. The summed E-state index contributed by atoms with van der Waals surface area (Å²) in [6, 6.07) is 6.31. The summed E-state index contributed by atoms with van der Waals surface area (Å²) in [6.07, 6.45) is 0.892. The number of fused-ring (bicyclic) bond motifs is 1. The first-order chi connectivity index (χ1) is 10.6. The van der Waals surface area contributed by atoms with E-state index in [1.54, 1.807) is 11.3 Å². The third kappa shape index (κ3) is 3.03. The molecule has 3 nitrogen and oxygen atoms in total. The predicted molar refractivity (Wildman–Crippen MR) is 87.7 cm³/mol. The number of thiophene rings is 1. The van der Waals surface area contributed by atoms with Crippen molar-refractivity contribution in [1.82, 2.24) is 4.90 Å². The normalized spacial score (nSPS) is 17.2. The predicted octanol–water partition coefficient (Wildman–Crippen LogP) is 4.17. The smallest absolute Gasteiger partial charge is 0.261 e. The standard InChI is InChI=1S/C16H15BrFNO2S/c1-10-12-5-7-22-15(12)4-6-19(10)16(20)9-21-14-3-2-11(18)8-13(14)17/h2-3,5,7-8,10H,4,6,9H2,1H3/t10-/m1/s1. The first-order valence-electron chi connectivity index (χ1n) is 7.00. The number of halogens is 2. The zero-order valence-electron chi connectivity index (χ0n) is 12.0. The zero-order chi connectivity index (χ0) is 15.7. The second-order valence-corrected chi connectivity index (χ2v) is 7.03. The Labute approximate surface area is 140 Å². The van der Waals surface area contributed by atoms with Gasteiger partial charge in [-0.3, -0.25) is 4.79 Å². The maximum atomic E-state index is 13.0. The van der Waals surface area contributed by atoms with Gasteiger partial charge in [0.1, 0.15) is 11.6 Å². The number of hydrogen-bond acceptors (Lipinski definition) is 3. The SMILES string of the molecule is C[C@@H]1c2ccsc2CCN1C(=O)COc1ccc(F)cc1Br. The van der Waals surface area contributed by atoms with Gasteiger partial charge in [0, 0.05) is 11.4 Å². The van der Waals surface area contributed by atoms with Crippen LogP contribution in [0.4, 0.5) is 4.39 Å². The lowest BCUT2D eigenvalue weighted by atomic mass is 10.0. The van der Waals surface area contributed by atoms with Gasteiger partial charge in [0.2, 0.25) is 0 Å². The minimum atomic E-state index is -0.347. The van der Waals surface area contributed by atoms with E-state index in [2.05, 4.69) is 27.4 Å². The van der Waals surface area contributed by atoms with E-state index >= 15 is 0 Å². The first-order valence-corrected chi connectivity index (χ1v) is 8.67. The zero-order valence-corrected chi connectivity index (χ0v) is 14.4. The van der Waals surface area contributed by atoms with E-state index in [4.69, 9.17) is 4.74 Å². The van der Waals surface area contributed by atoms with Gasteiger partial charge in [0.25, 0.3) is 5.91 Å². The highest BCUT2D eigenvalue weighted by molar-refractivity contribution is 9.10. The number of amides is 1. The molecule has 116 valence electrons. The van der Waals surface area contributed by atoms with Crippen LogP contribution in [0.15, 0.2) is 34.1 Å². The Balaban J connectivity index is 1.65. The van der Waals surface area contributed by atoms with Crippen molar-refractivity contribution in [3.8, 4) is 5.75 Å². The molecule has 1 aromatic carbocycles. The van der Waals surface area contributed by atoms with Crippen molar-refractivity contribution in [1.29, 1.82) is 0 Å². The highest BCUT2D eigenvalue weighted by Gasteiger charge is 2.28. The largest absolute Gasteiger partial charge is 0.483 e. The maximum Gasteiger partial charge on any atom is 0.261 e. The molecule has 22 heavy (non-hydrogen) atoms. The fourth-order valence-corrected chi connectivity index (χ4v) is 4.09. The van der Waals surface area contributed by atoms with E-state index in [0.29, 0.717) is 16.8 Å². The Bertz CT molecular complexity index is 703. The molecule has 0 unspecified atom stereocenters. The van der Waals surface area contributed by atoms with Crippen LogP contribution in [0.5, 0.6) is 5.75 Å². The molecule has 1 amide bonds. The molecule has 1 aliphatic heterocycles. The van der Waals surface area contributed by atoms with Crippen LogP contribution >= 0.6 is 27.3 Å². The molecule has 0 fully saturated rings. The van der Waals surface area contributed by atoms with E-state index < -0.39 is 0 Å². The second-order valence-electron chi connectivity index (χ2n) is 5.18. The average Bonchev–Trinajstić information content (AvgIpc) is 2.96. The van der Waals surface area contributed by atoms with Crippen LogP contribution in [0, 0.1) is 5.82 Å². The second kappa shape index (κ2) is 6.38. The van der Waals surface area contributed by atoms with Crippen LogP contribution in [0.2, 0.25) is 0 Å². The Morgan fingerprint density at radius 1 is 1.50 bits per heavy atom. The lowest BCUT2D eigenvalue weighted by Gasteiger charge is -2.33. The van der Waals surface area contributed by atoms with Crippen molar-refractivity contribution in [3.63, 3.8) is 0 Å². The molecule has 0 aliphatic carbocycles. The molecule has 0 saturated heterocycles. The molecule has 0 N–H and O–H groups in total. The quantitative estimate of drug-likeness (QED) is 0.795. The van der Waals surface area contributed by atoms with Crippen LogP contribution in [0.25, 0.3) is 0 Å². The molecular formula is C16H15BrFNO2S. The van der Waals surface area contributed by atoms with Crippen LogP contribution in [-0.2, 0) is 11.2 Å². The van der Waals surface area contributed by atoms with Crippen molar-refractivity contribution in [3.05, 3.63) is 50.4 Å².